The molecule has 1 aliphatic heterocycles. The van der Waals surface area contributed by atoms with Crippen molar-refractivity contribution < 1.29 is 19.1 Å². The SMILES string of the molecule is CC(=O)N1c2ccc(-c3ccc(CC(=O)O)o3)cc2CC1C. The molecule has 0 saturated heterocycles. The summed E-state index contributed by atoms with van der Waals surface area (Å²) in [6, 6.07) is 9.45. The topological polar surface area (TPSA) is 70.8 Å². The van der Waals surface area contributed by atoms with Gasteiger partial charge in [0.25, 0.3) is 0 Å². The predicted molar refractivity (Wildman–Crippen MR) is 81.8 cm³/mol. The summed E-state index contributed by atoms with van der Waals surface area (Å²) in [6.07, 6.45) is 0.686. The summed E-state index contributed by atoms with van der Waals surface area (Å²) >= 11 is 0. The first-order chi connectivity index (χ1) is 10.5. The molecule has 0 radical (unpaired) electrons. The van der Waals surface area contributed by atoms with E-state index in [1.807, 2.05) is 25.1 Å². The van der Waals surface area contributed by atoms with Gasteiger partial charge in [0, 0.05) is 24.2 Å². The van der Waals surface area contributed by atoms with E-state index in [1.54, 1.807) is 24.0 Å². The summed E-state index contributed by atoms with van der Waals surface area (Å²) in [4.78, 5) is 24.2. The number of furan rings is 1. The Morgan fingerprint density at radius 3 is 2.77 bits per heavy atom. The Kier molecular flexibility index (Phi) is 3.48. The van der Waals surface area contributed by atoms with Crippen molar-refractivity contribution >= 4 is 17.6 Å². The second-order valence-electron chi connectivity index (χ2n) is 5.62. The summed E-state index contributed by atoms with van der Waals surface area (Å²) in [5.74, 6) is 0.205. The Morgan fingerprint density at radius 1 is 1.32 bits per heavy atom. The molecule has 0 saturated carbocycles. The largest absolute Gasteiger partial charge is 0.481 e. The van der Waals surface area contributed by atoms with Crippen molar-refractivity contribution in [2.45, 2.75) is 32.7 Å². The Labute approximate surface area is 128 Å². The molecule has 0 fully saturated rings. The molecule has 0 bridgehead atoms. The maximum Gasteiger partial charge on any atom is 0.311 e. The molecule has 0 spiro atoms. The number of aliphatic carboxylic acids is 1. The van der Waals surface area contributed by atoms with Gasteiger partial charge in [0.1, 0.15) is 17.9 Å². The molecule has 1 amide bonds. The maximum atomic E-state index is 11.7. The number of benzene rings is 1. The number of carboxylic acid groups (broad SMARTS) is 1. The van der Waals surface area contributed by atoms with Crippen molar-refractivity contribution in [2.75, 3.05) is 4.90 Å². The van der Waals surface area contributed by atoms with E-state index in [4.69, 9.17) is 9.52 Å². The van der Waals surface area contributed by atoms with Gasteiger partial charge in [-0.05, 0) is 49.2 Å². The molecule has 1 aromatic heterocycles. The second-order valence-corrected chi connectivity index (χ2v) is 5.62. The Bertz CT molecular complexity index is 747. The fraction of sp³-hybridized carbons (Fsp3) is 0.294. The number of amides is 1. The molecule has 22 heavy (non-hydrogen) atoms. The lowest BCUT2D eigenvalue weighted by Crippen LogP contribution is -2.33. The van der Waals surface area contributed by atoms with Crippen LogP contribution in [0.2, 0.25) is 0 Å². The molecule has 2 heterocycles. The molecule has 1 unspecified atom stereocenters. The van der Waals surface area contributed by atoms with Crippen molar-refractivity contribution in [3.05, 3.63) is 41.7 Å². The number of hydrogen-bond donors (Lipinski definition) is 1. The molecule has 0 aliphatic carbocycles. The van der Waals surface area contributed by atoms with Crippen LogP contribution in [0.25, 0.3) is 11.3 Å². The fourth-order valence-corrected chi connectivity index (χ4v) is 3.04. The van der Waals surface area contributed by atoms with Crippen molar-refractivity contribution in [1.29, 1.82) is 0 Å². The second kappa shape index (κ2) is 5.33. The zero-order valence-corrected chi connectivity index (χ0v) is 12.5. The van der Waals surface area contributed by atoms with Gasteiger partial charge >= 0.3 is 5.97 Å². The normalized spacial score (nSPS) is 16.6. The van der Waals surface area contributed by atoms with Crippen molar-refractivity contribution in [3.8, 4) is 11.3 Å². The number of nitrogens with zero attached hydrogens (tertiary/aromatic N) is 1. The van der Waals surface area contributed by atoms with Crippen LogP contribution in [-0.4, -0.2) is 23.0 Å². The molecule has 114 valence electrons. The van der Waals surface area contributed by atoms with E-state index >= 15 is 0 Å². The smallest absolute Gasteiger partial charge is 0.311 e. The molecule has 3 rings (SSSR count). The van der Waals surface area contributed by atoms with Crippen LogP contribution in [-0.2, 0) is 22.4 Å². The fourth-order valence-electron chi connectivity index (χ4n) is 3.04. The average Bonchev–Trinajstić information content (AvgIpc) is 3.00. The molecule has 1 aliphatic rings. The summed E-state index contributed by atoms with van der Waals surface area (Å²) in [7, 11) is 0. The van der Waals surface area contributed by atoms with Gasteiger partial charge in [-0.25, -0.2) is 0 Å². The first-order valence-electron chi connectivity index (χ1n) is 7.19. The zero-order valence-electron chi connectivity index (χ0n) is 12.5. The lowest BCUT2D eigenvalue weighted by atomic mass is 10.1. The van der Waals surface area contributed by atoms with Gasteiger partial charge in [-0.1, -0.05) is 0 Å². The minimum absolute atomic E-state index is 0.0424. The molecule has 2 aromatic rings. The summed E-state index contributed by atoms with van der Waals surface area (Å²) < 4.78 is 5.58. The molecule has 5 nitrogen and oxygen atoms in total. The van der Waals surface area contributed by atoms with Gasteiger partial charge in [-0.3, -0.25) is 9.59 Å². The van der Waals surface area contributed by atoms with Gasteiger partial charge in [0.2, 0.25) is 5.91 Å². The van der Waals surface area contributed by atoms with Crippen molar-refractivity contribution in [3.63, 3.8) is 0 Å². The van der Waals surface area contributed by atoms with Crippen LogP contribution in [0.4, 0.5) is 5.69 Å². The summed E-state index contributed by atoms with van der Waals surface area (Å²) in [6.45, 7) is 3.60. The number of carbonyl (C=O) groups excluding carboxylic acids is 1. The van der Waals surface area contributed by atoms with Crippen LogP contribution in [0.5, 0.6) is 0 Å². The van der Waals surface area contributed by atoms with Gasteiger partial charge in [-0.15, -0.1) is 0 Å². The highest BCUT2D eigenvalue weighted by molar-refractivity contribution is 5.95. The number of anilines is 1. The lowest BCUT2D eigenvalue weighted by Gasteiger charge is -2.20. The number of rotatable bonds is 3. The molecular weight excluding hydrogens is 282 g/mol. The standard InChI is InChI=1S/C17H17NO4/c1-10-7-13-8-12(3-5-15(13)18(10)11(2)19)16-6-4-14(22-16)9-17(20)21/h3-6,8,10H,7,9H2,1-2H3,(H,20,21). The van der Waals surface area contributed by atoms with Crippen molar-refractivity contribution in [1.82, 2.24) is 0 Å². The van der Waals surface area contributed by atoms with Crippen LogP contribution >= 0.6 is 0 Å². The molecule has 5 heteroatoms. The lowest BCUT2D eigenvalue weighted by molar-refractivity contribution is -0.136. The first kappa shape index (κ1) is 14.4. The molecule has 1 atom stereocenters. The Morgan fingerprint density at radius 2 is 2.09 bits per heavy atom. The van der Waals surface area contributed by atoms with E-state index in [1.165, 1.54) is 0 Å². The quantitative estimate of drug-likeness (QED) is 0.946. The monoisotopic (exact) mass is 299 g/mol. The third-order valence-electron chi connectivity index (χ3n) is 3.91. The first-order valence-corrected chi connectivity index (χ1v) is 7.19. The van der Waals surface area contributed by atoms with Gasteiger partial charge in [0.15, 0.2) is 0 Å². The van der Waals surface area contributed by atoms with E-state index in [-0.39, 0.29) is 18.4 Å². The Hall–Kier alpha value is -2.56. The van der Waals surface area contributed by atoms with Gasteiger partial charge < -0.3 is 14.4 Å². The van der Waals surface area contributed by atoms with E-state index in [0.29, 0.717) is 11.5 Å². The average molecular weight is 299 g/mol. The minimum atomic E-state index is -0.916. The number of fused-ring (bicyclic) bond motifs is 1. The van der Waals surface area contributed by atoms with E-state index in [2.05, 4.69) is 0 Å². The van der Waals surface area contributed by atoms with E-state index in [0.717, 1.165) is 23.2 Å². The summed E-state index contributed by atoms with van der Waals surface area (Å²) in [5.41, 5.74) is 2.95. The number of hydrogen-bond acceptors (Lipinski definition) is 3. The minimum Gasteiger partial charge on any atom is -0.481 e. The maximum absolute atomic E-state index is 11.7. The third kappa shape index (κ3) is 2.50. The Balaban J connectivity index is 1.92. The highest BCUT2D eigenvalue weighted by atomic mass is 16.4. The predicted octanol–water partition coefficient (Wildman–Crippen LogP) is 2.87. The number of carboxylic acids is 1. The van der Waals surface area contributed by atoms with Crippen LogP contribution in [0.1, 0.15) is 25.2 Å². The van der Waals surface area contributed by atoms with E-state index in [9.17, 15) is 9.59 Å². The van der Waals surface area contributed by atoms with Crippen LogP contribution in [0.15, 0.2) is 34.7 Å². The van der Waals surface area contributed by atoms with Crippen LogP contribution in [0, 0.1) is 0 Å². The van der Waals surface area contributed by atoms with E-state index < -0.39 is 5.97 Å². The summed E-state index contributed by atoms with van der Waals surface area (Å²) in [5, 5.41) is 8.79. The van der Waals surface area contributed by atoms with Crippen molar-refractivity contribution in [2.24, 2.45) is 0 Å². The molecule has 1 aromatic carbocycles. The van der Waals surface area contributed by atoms with Gasteiger partial charge in [-0.2, -0.15) is 0 Å². The zero-order chi connectivity index (χ0) is 15.9. The molecule has 1 N–H and O–H groups in total. The van der Waals surface area contributed by atoms with Gasteiger partial charge in [0.05, 0.1) is 0 Å². The number of carbonyl (C=O) groups is 2. The highest BCUT2D eigenvalue weighted by Crippen LogP contribution is 2.35. The molecular formula is C17H17NO4. The van der Waals surface area contributed by atoms with Crippen LogP contribution < -0.4 is 4.90 Å². The highest BCUT2D eigenvalue weighted by Gasteiger charge is 2.29. The third-order valence-corrected chi connectivity index (χ3v) is 3.91. The van der Waals surface area contributed by atoms with Crippen LogP contribution in [0.3, 0.4) is 0 Å².